The molecule has 3 aromatic heterocycles. The molecule has 1 aliphatic heterocycles. The summed E-state index contributed by atoms with van der Waals surface area (Å²) in [6.07, 6.45) is 6.63. The molecular formula is C40H40N8O5S. The lowest BCUT2D eigenvalue weighted by Crippen LogP contribution is -2.50. The molecule has 1 saturated heterocycles. The van der Waals surface area contributed by atoms with Crippen molar-refractivity contribution < 1.29 is 23.5 Å². The maximum absolute atomic E-state index is 14.4. The van der Waals surface area contributed by atoms with E-state index in [1.807, 2.05) is 84.9 Å². The van der Waals surface area contributed by atoms with Crippen molar-refractivity contribution in [1.82, 2.24) is 30.5 Å². The number of nitrogens with two attached hydrogens (primary N) is 1. The van der Waals surface area contributed by atoms with E-state index in [9.17, 15) is 9.59 Å². The molecule has 4 heterocycles. The number of morpholine rings is 1. The van der Waals surface area contributed by atoms with E-state index in [-0.39, 0.29) is 18.2 Å². The van der Waals surface area contributed by atoms with Gasteiger partial charge in [0.25, 0.3) is 11.1 Å². The smallest absolute Gasteiger partial charge is 0.420 e. The molecule has 0 radical (unpaired) electrons. The molecule has 14 heteroatoms. The van der Waals surface area contributed by atoms with Crippen LogP contribution < -0.4 is 16.0 Å². The number of imidazole rings is 1. The topological polar surface area (TPSA) is 174 Å². The van der Waals surface area contributed by atoms with Gasteiger partial charge < -0.3 is 29.9 Å². The molecular weight excluding hydrogens is 705 g/mol. The van der Waals surface area contributed by atoms with Crippen LogP contribution in [0.15, 0.2) is 131 Å². The molecule has 1 fully saturated rings. The Labute approximate surface area is 316 Å². The molecule has 6 aromatic rings. The lowest BCUT2D eigenvalue weighted by molar-refractivity contribution is -0.119. The fraction of sp³-hybridized carbons (Fsp3) is 0.250. The average molecular weight is 745 g/mol. The summed E-state index contributed by atoms with van der Waals surface area (Å²) in [7, 11) is 1.26. The van der Waals surface area contributed by atoms with Crippen LogP contribution >= 0.6 is 11.8 Å². The number of aromatic amines is 1. The van der Waals surface area contributed by atoms with Crippen molar-refractivity contribution in [3.63, 3.8) is 0 Å². The van der Waals surface area contributed by atoms with Gasteiger partial charge in [0.15, 0.2) is 0 Å². The molecule has 13 nitrogen and oxygen atoms in total. The van der Waals surface area contributed by atoms with Crippen molar-refractivity contribution in [3.05, 3.63) is 144 Å². The Bertz CT molecular complexity index is 2060. The van der Waals surface area contributed by atoms with Crippen LogP contribution in [0.25, 0.3) is 11.5 Å². The third-order valence-electron chi connectivity index (χ3n) is 9.33. The number of benzene rings is 3. The summed E-state index contributed by atoms with van der Waals surface area (Å²) >= 11 is 1.41. The molecule has 2 amide bonds. The van der Waals surface area contributed by atoms with Crippen LogP contribution in [0.2, 0.25) is 0 Å². The molecule has 1 aliphatic rings. The van der Waals surface area contributed by atoms with Crippen molar-refractivity contribution in [1.29, 1.82) is 0 Å². The zero-order valence-electron chi connectivity index (χ0n) is 29.5. The van der Waals surface area contributed by atoms with Crippen LogP contribution in [0.3, 0.4) is 0 Å². The lowest BCUT2D eigenvalue weighted by atomic mass is 9.84. The molecule has 7 rings (SSSR count). The number of imide groups is 1. The van der Waals surface area contributed by atoms with Gasteiger partial charge in [-0.25, -0.2) is 14.7 Å². The third kappa shape index (κ3) is 8.42. The first kappa shape index (κ1) is 36.7. The monoisotopic (exact) mass is 744 g/mol. The number of methoxy groups -OCH3 is 1. The number of aryl methyl sites for hydroxylation is 1. The second kappa shape index (κ2) is 17.4. The maximum atomic E-state index is 14.4. The highest BCUT2D eigenvalue weighted by atomic mass is 32.2. The minimum Gasteiger partial charge on any atom is -0.452 e. The number of anilines is 1. The predicted molar refractivity (Wildman–Crippen MR) is 204 cm³/mol. The number of ether oxygens (including phenoxy) is 2. The number of H-pyrrole nitrogens is 1. The van der Waals surface area contributed by atoms with Crippen molar-refractivity contribution in [2.75, 3.05) is 24.3 Å². The molecule has 0 bridgehead atoms. The van der Waals surface area contributed by atoms with Gasteiger partial charge in [-0.2, -0.15) is 0 Å². The molecule has 3 aromatic carbocycles. The number of hydrogen-bond acceptors (Lipinski definition) is 12. The van der Waals surface area contributed by atoms with Gasteiger partial charge in [0, 0.05) is 48.6 Å². The number of carbonyl (C=O) groups excluding carboxylic acids is 2. The third-order valence-corrected chi connectivity index (χ3v) is 10.2. The molecule has 54 heavy (non-hydrogen) atoms. The molecule has 276 valence electrons. The molecule has 0 aliphatic carbocycles. The summed E-state index contributed by atoms with van der Waals surface area (Å²) in [6, 6.07) is 28.8. The fourth-order valence-electron chi connectivity index (χ4n) is 6.70. The van der Waals surface area contributed by atoms with E-state index in [0.717, 1.165) is 33.0 Å². The second-order valence-electron chi connectivity index (χ2n) is 12.7. The molecule has 4 N–H and O–H groups in total. The van der Waals surface area contributed by atoms with E-state index in [2.05, 4.69) is 30.5 Å². The molecule has 0 spiro atoms. The quantitative estimate of drug-likeness (QED) is 0.119. The standard InChI is InChI=1S/C40H40N8O5S/c1-51-40(50)48(38(49)34(41)33(27-11-4-2-5-12-27)28-13-6-3-7-14-28)31-15-9-8-10-26(31)16-17-30-24-45-35(36-43-22-23-44-36)32(52-30)25-54-39-47-46-37(53-39)29-18-20-42-21-19-29/h2-15,18-23,30,32-35,45H,16-17,24-25,41H2,1H3,(H,43,44)/t30-,32-,34+,35+/m1/s1. The van der Waals surface area contributed by atoms with Crippen molar-refractivity contribution in [2.24, 2.45) is 5.73 Å². The fourth-order valence-corrected chi connectivity index (χ4v) is 7.51. The zero-order chi connectivity index (χ0) is 37.3. The summed E-state index contributed by atoms with van der Waals surface area (Å²) < 4.78 is 17.8. The summed E-state index contributed by atoms with van der Waals surface area (Å²) in [5.41, 5.74) is 10.5. The number of amides is 2. The Kier molecular flexibility index (Phi) is 11.8. The highest BCUT2D eigenvalue weighted by Crippen LogP contribution is 2.33. The minimum atomic E-state index is -1.09. The van der Waals surface area contributed by atoms with Crippen LogP contribution in [-0.2, 0) is 20.7 Å². The van der Waals surface area contributed by atoms with Crippen LogP contribution in [0.4, 0.5) is 10.5 Å². The van der Waals surface area contributed by atoms with Gasteiger partial charge in [-0.1, -0.05) is 90.6 Å². The van der Waals surface area contributed by atoms with Crippen molar-refractivity contribution in [2.45, 2.75) is 48.3 Å². The highest BCUT2D eigenvalue weighted by molar-refractivity contribution is 7.99. The van der Waals surface area contributed by atoms with E-state index in [4.69, 9.17) is 19.6 Å². The first-order valence-corrected chi connectivity index (χ1v) is 18.6. The van der Waals surface area contributed by atoms with E-state index in [0.29, 0.717) is 41.9 Å². The number of hydrogen-bond donors (Lipinski definition) is 3. The molecule has 0 unspecified atom stereocenters. The van der Waals surface area contributed by atoms with E-state index >= 15 is 0 Å². The van der Waals surface area contributed by atoms with Gasteiger partial charge >= 0.3 is 6.09 Å². The Morgan fingerprint density at radius 1 is 0.944 bits per heavy atom. The Morgan fingerprint density at radius 2 is 1.65 bits per heavy atom. The maximum Gasteiger partial charge on any atom is 0.420 e. The van der Waals surface area contributed by atoms with Gasteiger partial charge in [0.05, 0.1) is 37.1 Å². The second-order valence-corrected chi connectivity index (χ2v) is 13.7. The summed E-state index contributed by atoms with van der Waals surface area (Å²) in [6.45, 7) is 0.557. The summed E-state index contributed by atoms with van der Waals surface area (Å²) in [5, 5.41) is 12.4. The average Bonchev–Trinajstić information content (AvgIpc) is 3.94. The number of nitrogens with zero attached hydrogens (tertiary/aromatic N) is 5. The summed E-state index contributed by atoms with van der Waals surface area (Å²) in [4.78, 5) is 40.6. The number of nitrogens with one attached hydrogen (secondary N) is 2. The SMILES string of the molecule is COC(=O)N(C(=O)[C@@H](N)C(c1ccccc1)c1ccccc1)c1ccccc1CC[C@@H]1CN[C@H](c2ncc[nH]2)[C@@H](CSc2nnc(-c3ccncc3)o2)O1. The molecule has 0 saturated carbocycles. The molecule has 4 atom stereocenters. The van der Waals surface area contributed by atoms with Crippen LogP contribution in [0.5, 0.6) is 0 Å². The van der Waals surface area contributed by atoms with Crippen LogP contribution in [0.1, 0.15) is 40.9 Å². The van der Waals surface area contributed by atoms with Crippen molar-refractivity contribution >= 4 is 29.4 Å². The number of pyridine rings is 1. The largest absolute Gasteiger partial charge is 0.452 e. The Balaban J connectivity index is 1.08. The van der Waals surface area contributed by atoms with E-state index in [1.54, 1.807) is 36.9 Å². The number of rotatable bonds is 13. The van der Waals surface area contributed by atoms with Crippen LogP contribution in [0, 0.1) is 0 Å². The van der Waals surface area contributed by atoms with Crippen molar-refractivity contribution in [3.8, 4) is 11.5 Å². The first-order chi connectivity index (χ1) is 26.5. The number of para-hydroxylation sites is 1. The summed E-state index contributed by atoms with van der Waals surface area (Å²) in [5.74, 6) is 0.607. The van der Waals surface area contributed by atoms with Crippen LogP contribution in [-0.4, -0.2) is 74.8 Å². The number of aromatic nitrogens is 5. The van der Waals surface area contributed by atoms with E-state index < -0.39 is 24.0 Å². The first-order valence-electron chi connectivity index (χ1n) is 17.6. The van der Waals surface area contributed by atoms with Gasteiger partial charge in [-0.05, 0) is 47.7 Å². The lowest BCUT2D eigenvalue weighted by Gasteiger charge is -2.36. The highest BCUT2D eigenvalue weighted by Gasteiger charge is 2.37. The Hall–Kier alpha value is -5.67. The number of carbonyl (C=O) groups is 2. The van der Waals surface area contributed by atoms with Gasteiger partial charge in [-0.15, -0.1) is 10.2 Å². The minimum absolute atomic E-state index is 0.199. The predicted octanol–water partition coefficient (Wildman–Crippen LogP) is 5.94. The van der Waals surface area contributed by atoms with E-state index in [1.165, 1.54) is 18.9 Å². The zero-order valence-corrected chi connectivity index (χ0v) is 30.3. The van der Waals surface area contributed by atoms with Gasteiger partial charge in [0.2, 0.25) is 5.89 Å². The number of thioether (sulfide) groups is 1. The van der Waals surface area contributed by atoms with Gasteiger partial charge in [0.1, 0.15) is 5.82 Å². The normalized spacial score (nSPS) is 17.6. The Morgan fingerprint density at radius 3 is 2.33 bits per heavy atom. The van der Waals surface area contributed by atoms with Gasteiger partial charge in [-0.3, -0.25) is 9.78 Å².